The van der Waals surface area contributed by atoms with Crippen LogP contribution in [0.5, 0.6) is 0 Å². The van der Waals surface area contributed by atoms with Crippen LogP contribution in [0.25, 0.3) is 0 Å². The standard InChI is InChI=1S/C19H20N2O5S/c1-12-5-7-15(11-16(12)19(23)24)20-18(22)14-6-8-17-13(10-14)4-3-9-21(17)27(2,25)26/h5-8,10-11H,3-4,9H2,1-2H3,(H,20,22)(H,23,24). The van der Waals surface area contributed by atoms with E-state index in [0.717, 1.165) is 5.56 Å². The minimum Gasteiger partial charge on any atom is -0.478 e. The van der Waals surface area contributed by atoms with Gasteiger partial charge in [-0.1, -0.05) is 6.07 Å². The van der Waals surface area contributed by atoms with E-state index in [1.165, 1.54) is 16.6 Å². The van der Waals surface area contributed by atoms with E-state index in [-0.39, 0.29) is 11.5 Å². The number of hydrogen-bond acceptors (Lipinski definition) is 4. The second kappa shape index (κ2) is 7.03. The van der Waals surface area contributed by atoms with Crippen molar-refractivity contribution in [2.45, 2.75) is 19.8 Å². The molecule has 0 saturated carbocycles. The molecule has 0 aliphatic carbocycles. The molecule has 1 aliphatic heterocycles. The van der Waals surface area contributed by atoms with Gasteiger partial charge in [0.05, 0.1) is 17.5 Å². The van der Waals surface area contributed by atoms with Crippen LogP contribution in [0, 0.1) is 6.92 Å². The highest BCUT2D eigenvalue weighted by molar-refractivity contribution is 7.92. The van der Waals surface area contributed by atoms with Crippen molar-refractivity contribution in [3.05, 3.63) is 58.7 Å². The summed E-state index contributed by atoms with van der Waals surface area (Å²) in [7, 11) is -3.36. The highest BCUT2D eigenvalue weighted by Crippen LogP contribution is 2.30. The Hall–Kier alpha value is -2.87. The molecule has 0 spiro atoms. The van der Waals surface area contributed by atoms with Crippen LogP contribution >= 0.6 is 0 Å². The van der Waals surface area contributed by atoms with Crippen molar-refractivity contribution in [2.75, 3.05) is 22.4 Å². The fourth-order valence-corrected chi connectivity index (χ4v) is 4.18. The zero-order chi connectivity index (χ0) is 19.8. The van der Waals surface area contributed by atoms with Crippen molar-refractivity contribution in [1.82, 2.24) is 0 Å². The number of carboxylic acids is 1. The molecule has 2 N–H and O–H groups in total. The van der Waals surface area contributed by atoms with Gasteiger partial charge in [0.15, 0.2) is 0 Å². The van der Waals surface area contributed by atoms with Gasteiger partial charge in [-0.05, 0) is 61.2 Å². The highest BCUT2D eigenvalue weighted by atomic mass is 32.2. The molecule has 0 atom stereocenters. The Morgan fingerprint density at radius 1 is 1.15 bits per heavy atom. The fraction of sp³-hybridized carbons (Fsp3) is 0.263. The lowest BCUT2D eigenvalue weighted by Crippen LogP contribution is -2.34. The summed E-state index contributed by atoms with van der Waals surface area (Å²) in [4.78, 5) is 23.8. The lowest BCUT2D eigenvalue weighted by molar-refractivity contribution is 0.0695. The van der Waals surface area contributed by atoms with Gasteiger partial charge in [-0.15, -0.1) is 0 Å². The second-order valence-corrected chi connectivity index (χ2v) is 8.48. The number of fused-ring (bicyclic) bond motifs is 1. The molecule has 0 aromatic heterocycles. The van der Waals surface area contributed by atoms with Crippen molar-refractivity contribution < 1.29 is 23.1 Å². The number of carboxylic acid groups (broad SMARTS) is 1. The zero-order valence-electron chi connectivity index (χ0n) is 15.0. The van der Waals surface area contributed by atoms with E-state index in [1.807, 2.05) is 0 Å². The molecular weight excluding hydrogens is 368 g/mol. The number of hydrogen-bond donors (Lipinski definition) is 2. The van der Waals surface area contributed by atoms with E-state index in [9.17, 15) is 23.1 Å². The largest absolute Gasteiger partial charge is 0.478 e. The van der Waals surface area contributed by atoms with E-state index in [1.54, 1.807) is 37.3 Å². The quantitative estimate of drug-likeness (QED) is 0.838. The summed E-state index contributed by atoms with van der Waals surface area (Å²) in [5, 5.41) is 11.9. The first-order valence-corrected chi connectivity index (χ1v) is 10.3. The lowest BCUT2D eigenvalue weighted by atomic mass is 10.0. The maximum atomic E-state index is 12.6. The summed E-state index contributed by atoms with van der Waals surface area (Å²) in [6.07, 6.45) is 2.54. The van der Waals surface area contributed by atoms with Gasteiger partial charge in [-0.25, -0.2) is 13.2 Å². The maximum Gasteiger partial charge on any atom is 0.336 e. The molecule has 0 saturated heterocycles. The van der Waals surface area contributed by atoms with Gasteiger partial charge < -0.3 is 10.4 Å². The maximum absolute atomic E-state index is 12.6. The summed E-state index contributed by atoms with van der Waals surface area (Å²) < 4.78 is 25.2. The molecule has 0 radical (unpaired) electrons. The van der Waals surface area contributed by atoms with Crippen LogP contribution in [0.15, 0.2) is 36.4 Å². The first kappa shape index (κ1) is 18.9. The number of benzene rings is 2. The predicted octanol–water partition coefficient (Wildman–Crippen LogP) is 2.66. The molecule has 1 amide bonds. The Labute approximate surface area is 157 Å². The summed E-state index contributed by atoms with van der Waals surface area (Å²) in [6, 6.07) is 9.60. The molecular formula is C19H20N2O5S. The number of carbonyl (C=O) groups is 2. The number of amides is 1. The number of rotatable bonds is 4. The number of aromatic carboxylic acids is 1. The summed E-state index contributed by atoms with van der Waals surface area (Å²) in [6.45, 7) is 2.12. The Morgan fingerprint density at radius 2 is 1.89 bits per heavy atom. The molecule has 1 heterocycles. The number of carbonyl (C=O) groups excluding carboxylic acids is 1. The van der Waals surface area contributed by atoms with Gasteiger partial charge >= 0.3 is 5.97 Å². The van der Waals surface area contributed by atoms with Crippen LogP contribution in [0.1, 0.15) is 38.3 Å². The molecule has 1 aliphatic rings. The van der Waals surface area contributed by atoms with E-state index in [2.05, 4.69) is 5.32 Å². The van der Waals surface area contributed by atoms with Crippen LogP contribution < -0.4 is 9.62 Å². The van der Waals surface area contributed by atoms with Gasteiger partial charge in [0.1, 0.15) is 0 Å². The Kier molecular flexibility index (Phi) is 4.93. The third kappa shape index (κ3) is 3.95. The van der Waals surface area contributed by atoms with Crippen molar-refractivity contribution in [3.8, 4) is 0 Å². The number of sulfonamides is 1. The minimum atomic E-state index is -3.36. The molecule has 2 aromatic rings. The summed E-state index contributed by atoms with van der Waals surface area (Å²) >= 11 is 0. The zero-order valence-corrected chi connectivity index (χ0v) is 15.8. The summed E-state index contributed by atoms with van der Waals surface area (Å²) in [5.74, 6) is -1.44. The normalized spacial score (nSPS) is 13.8. The first-order valence-electron chi connectivity index (χ1n) is 8.43. The molecule has 0 bridgehead atoms. The molecule has 7 nitrogen and oxygen atoms in total. The van der Waals surface area contributed by atoms with Gasteiger partial charge in [0, 0.05) is 17.8 Å². The first-order chi connectivity index (χ1) is 12.7. The average molecular weight is 388 g/mol. The molecule has 0 fully saturated rings. The molecule has 8 heteroatoms. The average Bonchev–Trinajstić information content (AvgIpc) is 2.61. The molecule has 3 rings (SSSR count). The van der Waals surface area contributed by atoms with Crippen LogP contribution in [0.4, 0.5) is 11.4 Å². The summed E-state index contributed by atoms with van der Waals surface area (Å²) in [5.41, 5.74) is 2.91. The number of nitrogens with zero attached hydrogens (tertiary/aromatic N) is 1. The van der Waals surface area contributed by atoms with Gasteiger partial charge in [-0.2, -0.15) is 0 Å². The number of aryl methyl sites for hydroxylation is 2. The van der Waals surface area contributed by atoms with Crippen molar-refractivity contribution >= 4 is 33.3 Å². The molecule has 2 aromatic carbocycles. The fourth-order valence-electron chi connectivity index (χ4n) is 3.18. The SMILES string of the molecule is Cc1ccc(NC(=O)c2ccc3c(c2)CCCN3S(C)(=O)=O)cc1C(=O)O. The Bertz CT molecular complexity index is 1030. The third-order valence-electron chi connectivity index (χ3n) is 4.54. The van der Waals surface area contributed by atoms with Crippen LogP contribution in [0.2, 0.25) is 0 Å². The van der Waals surface area contributed by atoms with Crippen LogP contribution in [-0.2, 0) is 16.4 Å². The lowest BCUT2D eigenvalue weighted by Gasteiger charge is -2.29. The van der Waals surface area contributed by atoms with E-state index in [0.29, 0.717) is 41.9 Å². The van der Waals surface area contributed by atoms with Gasteiger partial charge in [0.25, 0.3) is 5.91 Å². The van der Waals surface area contributed by atoms with Gasteiger partial charge in [0.2, 0.25) is 10.0 Å². The molecule has 0 unspecified atom stereocenters. The van der Waals surface area contributed by atoms with E-state index >= 15 is 0 Å². The Morgan fingerprint density at radius 3 is 2.56 bits per heavy atom. The van der Waals surface area contributed by atoms with Crippen molar-refractivity contribution in [2.24, 2.45) is 0 Å². The second-order valence-electron chi connectivity index (χ2n) is 6.57. The van der Waals surface area contributed by atoms with E-state index < -0.39 is 16.0 Å². The minimum absolute atomic E-state index is 0.127. The molecule has 27 heavy (non-hydrogen) atoms. The van der Waals surface area contributed by atoms with Crippen LogP contribution in [-0.4, -0.2) is 38.2 Å². The van der Waals surface area contributed by atoms with Crippen molar-refractivity contribution in [1.29, 1.82) is 0 Å². The number of nitrogens with one attached hydrogen (secondary N) is 1. The predicted molar refractivity (Wildman–Crippen MR) is 103 cm³/mol. The number of anilines is 2. The third-order valence-corrected chi connectivity index (χ3v) is 5.72. The smallest absolute Gasteiger partial charge is 0.336 e. The Balaban J connectivity index is 1.87. The van der Waals surface area contributed by atoms with Crippen molar-refractivity contribution in [3.63, 3.8) is 0 Å². The molecule has 142 valence electrons. The van der Waals surface area contributed by atoms with Crippen LogP contribution in [0.3, 0.4) is 0 Å². The van der Waals surface area contributed by atoms with E-state index in [4.69, 9.17) is 0 Å². The van der Waals surface area contributed by atoms with Gasteiger partial charge in [-0.3, -0.25) is 9.10 Å². The topological polar surface area (TPSA) is 104 Å². The highest BCUT2D eigenvalue weighted by Gasteiger charge is 2.24. The monoisotopic (exact) mass is 388 g/mol.